The highest BCUT2D eigenvalue weighted by atomic mass is 15.0. The molecule has 1 fully saturated rings. The Bertz CT molecular complexity index is 349. The molecule has 0 radical (unpaired) electrons. The molecule has 1 aromatic rings. The van der Waals surface area contributed by atoms with Crippen molar-refractivity contribution in [2.45, 2.75) is 52.0 Å². The van der Waals surface area contributed by atoms with E-state index in [1.54, 1.807) is 6.33 Å². The van der Waals surface area contributed by atoms with Gasteiger partial charge in [0.2, 0.25) is 0 Å². The van der Waals surface area contributed by atoms with Crippen LogP contribution in [0.25, 0.3) is 0 Å². The molecular weight excluding hydrogens is 198 g/mol. The molecule has 88 valence electrons. The summed E-state index contributed by atoms with van der Waals surface area (Å²) in [5.41, 5.74) is 1.11. The lowest BCUT2D eigenvalue weighted by atomic mass is 10.1. The summed E-state index contributed by atoms with van der Waals surface area (Å²) in [5.74, 6) is 2.21. The van der Waals surface area contributed by atoms with Crippen LogP contribution in [0.15, 0.2) is 12.4 Å². The van der Waals surface area contributed by atoms with E-state index in [9.17, 15) is 0 Å². The van der Waals surface area contributed by atoms with Crippen LogP contribution in [0.2, 0.25) is 0 Å². The minimum Gasteiger partial charge on any atom is -0.367 e. The first-order chi connectivity index (χ1) is 7.66. The summed E-state index contributed by atoms with van der Waals surface area (Å²) in [7, 11) is 0. The van der Waals surface area contributed by atoms with Crippen LogP contribution in [0.5, 0.6) is 0 Å². The van der Waals surface area contributed by atoms with Gasteiger partial charge in [-0.3, -0.25) is 0 Å². The molecule has 1 aliphatic rings. The first-order valence-corrected chi connectivity index (χ1v) is 6.25. The van der Waals surface area contributed by atoms with Gasteiger partial charge in [0, 0.05) is 17.8 Å². The highest BCUT2D eigenvalue weighted by Gasteiger charge is 2.23. The SMILES string of the molecule is CC(C)c1cc(NC2CCCC2C)ncn1. The summed E-state index contributed by atoms with van der Waals surface area (Å²) >= 11 is 0. The van der Waals surface area contributed by atoms with E-state index >= 15 is 0 Å². The Morgan fingerprint density at radius 1 is 1.31 bits per heavy atom. The quantitative estimate of drug-likeness (QED) is 0.848. The second-order valence-corrected chi connectivity index (χ2v) is 5.14. The average Bonchev–Trinajstić information content (AvgIpc) is 2.65. The predicted octanol–water partition coefficient (Wildman–Crippen LogP) is 3.20. The number of hydrogen-bond donors (Lipinski definition) is 1. The van der Waals surface area contributed by atoms with Crippen molar-refractivity contribution in [1.29, 1.82) is 0 Å². The summed E-state index contributed by atoms with van der Waals surface area (Å²) in [6.07, 6.45) is 5.60. The summed E-state index contributed by atoms with van der Waals surface area (Å²) in [4.78, 5) is 8.58. The van der Waals surface area contributed by atoms with Crippen molar-refractivity contribution in [3.8, 4) is 0 Å². The molecule has 16 heavy (non-hydrogen) atoms. The second kappa shape index (κ2) is 4.81. The van der Waals surface area contributed by atoms with E-state index in [0.717, 1.165) is 17.4 Å². The van der Waals surface area contributed by atoms with Crippen LogP contribution in [-0.2, 0) is 0 Å². The zero-order valence-corrected chi connectivity index (χ0v) is 10.4. The number of aromatic nitrogens is 2. The number of rotatable bonds is 3. The first kappa shape index (κ1) is 11.4. The lowest BCUT2D eigenvalue weighted by Gasteiger charge is -2.18. The van der Waals surface area contributed by atoms with Gasteiger partial charge in [-0.25, -0.2) is 9.97 Å². The summed E-state index contributed by atoms with van der Waals surface area (Å²) in [6.45, 7) is 6.63. The maximum absolute atomic E-state index is 4.30. The Balaban J connectivity index is 2.06. The van der Waals surface area contributed by atoms with Crippen LogP contribution in [0, 0.1) is 5.92 Å². The summed E-state index contributed by atoms with van der Waals surface area (Å²) in [5, 5.41) is 3.53. The summed E-state index contributed by atoms with van der Waals surface area (Å²) < 4.78 is 0. The fourth-order valence-corrected chi connectivity index (χ4v) is 2.32. The molecule has 1 saturated carbocycles. The van der Waals surface area contributed by atoms with E-state index in [2.05, 4.69) is 42.1 Å². The molecule has 0 aliphatic heterocycles. The topological polar surface area (TPSA) is 37.8 Å². The zero-order chi connectivity index (χ0) is 11.5. The monoisotopic (exact) mass is 219 g/mol. The molecule has 0 amide bonds. The van der Waals surface area contributed by atoms with Crippen LogP contribution in [-0.4, -0.2) is 16.0 Å². The van der Waals surface area contributed by atoms with E-state index in [-0.39, 0.29) is 0 Å². The predicted molar refractivity (Wildman–Crippen MR) is 66.5 cm³/mol. The van der Waals surface area contributed by atoms with Gasteiger partial charge in [-0.1, -0.05) is 27.2 Å². The fourth-order valence-electron chi connectivity index (χ4n) is 2.32. The lowest BCUT2D eigenvalue weighted by molar-refractivity contribution is 0.554. The van der Waals surface area contributed by atoms with Crippen LogP contribution < -0.4 is 5.32 Å². The smallest absolute Gasteiger partial charge is 0.129 e. The minimum atomic E-state index is 0.463. The van der Waals surface area contributed by atoms with Gasteiger partial charge >= 0.3 is 0 Å². The van der Waals surface area contributed by atoms with Crippen LogP contribution in [0.3, 0.4) is 0 Å². The lowest BCUT2D eigenvalue weighted by Crippen LogP contribution is -2.22. The van der Waals surface area contributed by atoms with E-state index in [1.165, 1.54) is 19.3 Å². The Morgan fingerprint density at radius 3 is 2.75 bits per heavy atom. The van der Waals surface area contributed by atoms with Crippen LogP contribution >= 0.6 is 0 Å². The third-order valence-corrected chi connectivity index (χ3v) is 3.47. The van der Waals surface area contributed by atoms with E-state index in [4.69, 9.17) is 0 Å². The van der Waals surface area contributed by atoms with E-state index in [1.807, 2.05) is 0 Å². The van der Waals surface area contributed by atoms with Crippen molar-refractivity contribution in [2.75, 3.05) is 5.32 Å². The van der Waals surface area contributed by atoms with Crippen molar-refractivity contribution >= 4 is 5.82 Å². The second-order valence-electron chi connectivity index (χ2n) is 5.14. The maximum atomic E-state index is 4.30. The Hall–Kier alpha value is -1.12. The Kier molecular flexibility index (Phi) is 3.42. The number of hydrogen-bond acceptors (Lipinski definition) is 3. The molecule has 0 aromatic carbocycles. The van der Waals surface area contributed by atoms with Crippen molar-refractivity contribution < 1.29 is 0 Å². The molecular formula is C13H21N3. The van der Waals surface area contributed by atoms with Crippen LogP contribution in [0.1, 0.15) is 51.6 Å². The third kappa shape index (κ3) is 2.52. The van der Waals surface area contributed by atoms with E-state index < -0.39 is 0 Å². The fraction of sp³-hybridized carbons (Fsp3) is 0.692. The van der Waals surface area contributed by atoms with Crippen molar-refractivity contribution in [3.63, 3.8) is 0 Å². The molecule has 0 saturated heterocycles. The molecule has 3 nitrogen and oxygen atoms in total. The van der Waals surface area contributed by atoms with Crippen LogP contribution in [0.4, 0.5) is 5.82 Å². The average molecular weight is 219 g/mol. The summed E-state index contributed by atoms with van der Waals surface area (Å²) in [6, 6.07) is 2.67. The third-order valence-electron chi connectivity index (χ3n) is 3.47. The van der Waals surface area contributed by atoms with Gasteiger partial charge in [-0.05, 0) is 24.7 Å². The molecule has 1 N–H and O–H groups in total. The van der Waals surface area contributed by atoms with Gasteiger partial charge in [-0.15, -0.1) is 0 Å². The molecule has 2 atom stereocenters. The standard InChI is InChI=1S/C13H21N3/c1-9(2)12-7-13(15-8-14-12)16-11-6-4-5-10(11)3/h7-11H,4-6H2,1-3H3,(H,14,15,16). The number of anilines is 1. The molecule has 3 heteroatoms. The molecule has 1 heterocycles. The van der Waals surface area contributed by atoms with Gasteiger partial charge in [0.1, 0.15) is 12.1 Å². The highest BCUT2D eigenvalue weighted by Crippen LogP contribution is 2.27. The zero-order valence-electron chi connectivity index (χ0n) is 10.4. The first-order valence-electron chi connectivity index (χ1n) is 6.25. The van der Waals surface area contributed by atoms with Gasteiger partial charge in [-0.2, -0.15) is 0 Å². The number of nitrogens with one attached hydrogen (secondary N) is 1. The van der Waals surface area contributed by atoms with Gasteiger partial charge < -0.3 is 5.32 Å². The molecule has 1 aliphatic carbocycles. The minimum absolute atomic E-state index is 0.463. The molecule has 2 unspecified atom stereocenters. The van der Waals surface area contributed by atoms with Crippen molar-refractivity contribution in [2.24, 2.45) is 5.92 Å². The van der Waals surface area contributed by atoms with Crippen molar-refractivity contribution in [1.82, 2.24) is 9.97 Å². The van der Waals surface area contributed by atoms with Gasteiger partial charge in [0.15, 0.2) is 0 Å². The molecule has 0 spiro atoms. The maximum Gasteiger partial charge on any atom is 0.129 e. The molecule has 2 rings (SSSR count). The largest absolute Gasteiger partial charge is 0.367 e. The normalized spacial score (nSPS) is 25.0. The van der Waals surface area contributed by atoms with Crippen molar-refractivity contribution in [3.05, 3.63) is 18.1 Å². The highest BCUT2D eigenvalue weighted by molar-refractivity contribution is 5.37. The van der Waals surface area contributed by atoms with Gasteiger partial charge in [0.25, 0.3) is 0 Å². The Labute approximate surface area is 97.7 Å². The van der Waals surface area contributed by atoms with Gasteiger partial charge in [0.05, 0.1) is 0 Å². The Morgan fingerprint density at radius 2 is 2.12 bits per heavy atom. The van der Waals surface area contributed by atoms with E-state index in [0.29, 0.717) is 12.0 Å². The molecule has 0 bridgehead atoms. The molecule has 1 aromatic heterocycles. The number of nitrogens with zero attached hydrogens (tertiary/aromatic N) is 2.